The zero-order chi connectivity index (χ0) is 27.4. The van der Waals surface area contributed by atoms with Gasteiger partial charge >= 0.3 is 5.97 Å². The van der Waals surface area contributed by atoms with Gasteiger partial charge in [0.15, 0.2) is 16.7 Å². The van der Waals surface area contributed by atoms with Gasteiger partial charge in [-0.25, -0.2) is 9.79 Å². The zero-order valence-electron chi connectivity index (χ0n) is 20.2. The van der Waals surface area contributed by atoms with E-state index in [-0.39, 0.29) is 18.1 Å². The highest BCUT2D eigenvalue weighted by Gasteiger charge is 2.32. The maximum atomic E-state index is 13.1. The van der Waals surface area contributed by atoms with Crippen LogP contribution in [0.15, 0.2) is 69.0 Å². The minimum absolute atomic E-state index is 0.166. The first-order chi connectivity index (χ1) is 18.2. The number of carbonyl (C=O) groups excluding carboxylic acids is 1. The largest absolute Gasteiger partial charge is 0.493 e. The van der Waals surface area contributed by atoms with Gasteiger partial charge in [-0.05, 0) is 78.9 Å². The summed E-state index contributed by atoms with van der Waals surface area (Å²) in [6, 6.07) is 14.9. The van der Waals surface area contributed by atoms with Gasteiger partial charge in [-0.1, -0.05) is 45.2 Å². The smallest absolute Gasteiger partial charge is 0.335 e. The fraction of sp³-hybridized carbons (Fsp3) is 0.148. The zero-order valence-corrected chi connectivity index (χ0v) is 24.1. The molecule has 1 aliphatic heterocycles. The Bertz CT molecular complexity index is 1460. The average Bonchev–Trinajstić information content (AvgIpc) is 3.18. The lowest BCUT2D eigenvalue weighted by molar-refractivity contribution is -0.122. The second-order valence-corrected chi connectivity index (χ2v) is 10.7. The summed E-state index contributed by atoms with van der Waals surface area (Å²) >= 11 is 17.0. The van der Waals surface area contributed by atoms with Gasteiger partial charge in [0.2, 0.25) is 0 Å². The SMILES string of the molecule is CCN1C(=O)/C(=C/c2cc(OC)c(OCc3ccc(Cl)cc3Cl)cc2Br)SC1=Nc1ccc(C(=O)O)cc1. The lowest BCUT2D eigenvalue weighted by Gasteiger charge is -2.14. The first-order valence-electron chi connectivity index (χ1n) is 11.3. The third kappa shape index (κ3) is 6.35. The highest BCUT2D eigenvalue weighted by atomic mass is 79.9. The van der Waals surface area contributed by atoms with Crippen LogP contribution < -0.4 is 9.47 Å². The number of amides is 1. The number of carboxylic acids is 1. The summed E-state index contributed by atoms with van der Waals surface area (Å²) in [6.07, 6.45) is 1.76. The summed E-state index contributed by atoms with van der Waals surface area (Å²) in [6.45, 7) is 2.51. The molecule has 196 valence electrons. The molecule has 0 saturated carbocycles. The number of aromatic carboxylic acids is 1. The number of thioether (sulfide) groups is 1. The van der Waals surface area contributed by atoms with Crippen LogP contribution in [0.4, 0.5) is 5.69 Å². The number of nitrogens with zero attached hydrogens (tertiary/aromatic N) is 2. The molecular formula is C27H21BrCl2N2O5S. The van der Waals surface area contributed by atoms with E-state index in [0.29, 0.717) is 48.3 Å². The number of rotatable bonds is 8. The number of hydrogen-bond donors (Lipinski definition) is 1. The van der Waals surface area contributed by atoms with Gasteiger partial charge in [-0.15, -0.1) is 0 Å². The summed E-state index contributed by atoms with van der Waals surface area (Å²) in [7, 11) is 1.54. The summed E-state index contributed by atoms with van der Waals surface area (Å²) < 4.78 is 12.2. The van der Waals surface area contributed by atoms with Gasteiger partial charge in [0.25, 0.3) is 5.91 Å². The highest BCUT2D eigenvalue weighted by Crippen LogP contribution is 2.39. The van der Waals surface area contributed by atoms with E-state index in [1.165, 1.54) is 31.0 Å². The van der Waals surface area contributed by atoms with E-state index in [1.807, 2.05) is 6.92 Å². The Labute approximate surface area is 242 Å². The first-order valence-corrected chi connectivity index (χ1v) is 13.6. The number of carbonyl (C=O) groups is 2. The predicted octanol–water partition coefficient (Wildman–Crippen LogP) is 7.67. The van der Waals surface area contributed by atoms with E-state index >= 15 is 0 Å². The molecule has 1 saturated heterocycles. The van der Waals surface area contributed by atoms with Gasteiger partial charge in [0, 0.05) is 26.6 Å². The van der Waals surface area contributed by atoms with Crippen LogP contribution in [0.2, 0.25) is 10.0 Å². The van der Waals surface area contributed by atoms with Crippen LogP contribution in [0.25, 0.3) is 6.08 Å². The summed E-state index contributed by atoms with van der Waals surface area (Å²) in [5.74, 6) is -0.205. The Morgan fingerprint density at radius 2 is 1.87 bits per heavy atom. The predicted molar refractivity (Wildman–Crippen MR) is 155 cm³/mol. The molecule has 4 rings (SSSR count). The number of hydrogen-bond acceptors (Lipinski definition) is 6. The summed E-state index contributed by atoms with van der Waals surface area (Å²) in [5.41, 5.74) is 2.21. The standard InChI is InChI=1S/C27H21BrCl2N2O5S/c1-3-32-25(33)24(38-27(32)31-19-8-5-15(6-9-19)26(34)35)11-17-10-22(36-2)23(13-20(17)28)37-14-16-4-7-18(29)12-21(16)30/h4-13H,3,14H2,1-2H3,(H,34,35)/b24-11-,31-27?. The molecule has 1 fully saturated rings. The summed E-state index contributed by atoms with van der Waals surface area (Å²) in [4.78, 5) is 30.8. The lowest BCUT2D eigenvalue weighted by Crippen LogP contribution is -2.28. The van der Waals surface area contributed by atoms with Crippen LogP contribution in [0.3, 0.4) is 0 Å². The van der Waals surface area contributed by atoms with Crippen molar-refractivity contribution in [1.29, 1.82) is 0 Å². The van der Waals surface area contributed by atoms with Crippen molar-refractivity contribution in [2.24, 2.45) is 4.99 Å². The van der Waals surface area contributed by atoms with Crippen molar-refractivity contribution in [3.8, 4) is 11.5 Å². The van der Waals surface area contributed by atoms with Gasteiger partial charge in [-0.2, -0.15) is 0 Å². The van der Waals surface area contributed by atoms with Crippen LogP contribution in [0.5, 0.6) is 11.5 Å². The lowest BCUT2D eigenvalue weighted by atomic mass is 10.1. The molecule has 0 spiro atoms. The van der Waals surface area contributed by atoms with Crippen molar-refractivity contribution in [3.63, 3.8) is 0 Å². The number of methoxy groups -OCH3 is 1. The van der Waals surface area contributed by atoms with E-state index in [0.717, 1.165) is 11.1 Å². The third-order valence-corrected chi connectivity index (χ3v) is 7.79. The Balaban J connectivity index is 1.58. The van der Waals surface area contributed by atoms with E-state index < -0.39 is 5.97 Å². The second kappa shape index (κ2) is 12.3. The second-order valence-electron chi connectivity index (χ2n) is 7.96. The molecule has 1 aliphatic rings. The normalized spacial score (nSPS) is 15.4. The van der Waals surface area contributed by atoms with Crippen molar-refractivity contribution in [2.75, 3.05) is 13.7 Å². The van der Waals surface area contributed by atoms with Crippen molar-refractivity contribution < 1.29 is 24.2 Å². The van der Waals surface area contributed by atoms with Crippen LogP contribution in [0.1, 0.15) is 28.4 Å². The minimum Gasteiger partial charge on any atom is -0.493 e. The van der Waals surface area contributed by atoms with Crippen molar-refractivity contribution in [3.05, 3.63) is 90.7 Å². The van der Waals surface area contributed by atoms with Crippen LogP contribution in [0, 0.1) is 0 Å². The van der Waals surface area contributed by atoms with Crippen molar-refractivity contribution in [1.82, 2.24) is 4.90 Å². The number of aliphatic imine (C=N–C) groups is 1. The average molecular weight is 636 g/mol. The molecule has 1 amide bonds. The molecule has 0 aliphatic carbocycles. The van der Waals surface area contributed by atoms with Crippen LogP contribution in [-0.4, -0.2) is 40.7 Å². The molecule has 0 radical (unpaired) electrons. The van der Waals surface area contributed by atoms with Crippen molar-refractivity contribution >= 4 is 79.7 Å². The molecule has 1 N–H and O–H groups in total. The maximum absolute atomic E-state index is 13.1. The summed E-state index contributed by atoms with van der Waals surface area (Å²) in [5, 5.41) is 10.7. The van der Waals surface area contributed by atoms with E-state index in [4.69, 9.17) is 37.8 Å². The molecule has 1 heterocycles. The van der Waals surface area contributed by atoms with Crippen LogP contribution in [-0.2, 0) is 11.4 Å². The molecule has 0 atom stereocenters. The van der Waals surface area contributed by atoms with Gasteiger partial charge < -0.3 is 14.6 Å². The Morgan fingerprint density at radius 1 is 1.13 bits per heavy atom. The topological polar surface area (TPSA) is 88.4 Å². The molecule has 11 heteroatoms. The molecule has 3 aromatic rings. The van der Waals surface area contributed by atoms with E-state index in [9.17, 15) is 9.59 Å². The molecular weight excluding hydrogens is 615 g/mol. The van der Waals surface area contributed by atoms with E-state index in [2.05, 4.69) is 20.9 Å². The monoisotopic (exact) mass is 634 g/mol. The number of carboxylic acid groups (broad SMARTS) is 1. The highest BCUT2D eigenvalue weighted by molar-refractivity contribution is 9.10. The molecule has 0 unspecified atom stereocenters. The minimum atomic E-state index is -1.01. The number of likely N-dealkylation sites (N-methyl/N-ethyl adjacent to an activating group) is 1. The molecule has 38 heavy (non-hydrogen) atoms. The van der Waals surface area contributed by atoms with Crippen LogP contribution >= 0.6 is 50.9 Å². The fourth-order valence-corrected chi connectivity index (χ4v) is 5.48. The van der Waals surface area contributed by atoms with Gasteiger partial charge in [0.05, 0.1) is 23.3 Å². The molecule has 3 aromatic carbocycles. The van der Waals surface area contributed by atoms with Crippen molar-refractivity contribution in [2.45, 2.75) is 13.5 Å². The molecule has 0 bridgehead atoms. The third-order valence-electron chi connectivity index (χ3n) is 5.51. The molecule has 7 nitrogen and oxygen atoms in total. The quantitative estimate of drug-likeness (QED) is 0.256. The molecule has 0 aromatic heterocycles. The maximum Gasteiger partial charge on any atom is 0.335 e. The Morgan fingerprint density at radius 3 is 2.50 bits per heavy atom. The Kier molecular flexibility index (Phi) is 9.04. The number of benzene rings is 3. The van der Waals surface area contributed by atoms with E-state index in [1.54, 1.807) is 53.4 Å². The number of amidine groups is 1. The van der Waals surface area contributed by atoms with Gasteiger partial charge in [0.1, 0.15) is 6.61 Å². The Hall–Kier alpha value is -2.98. The van der Waals surface area contributed by atoms with Gasteiger partial charge in [-0.3, -0.25) is 9.69 Å². The fourth-order valence-electron chi connectivity index (χ4n) is 3.53. The number of halogens is 3. The number of ether oxygens (including phenoxy) is 2. The first kappa shape index (κ1) is 28.0.